The predicted molar refractivity (Wildman–Crippen MR) is 70.0 cm³/mol. The Bertz CT molecular complexity index is 557. The van der Waals surface area contributed by atoms with Crippen LogP contribution in [0.1, 0.15) is 5.56 Å². The lowest BCUT2D eigenvalue weighted by molar-refractivity contribution is -0.115. The molecule has 1 fully saturated rings. The Balaban J connectivity index is 2.46. The van der Waals surface area contributed by atoms with E-state index in [1.165, 1.54) is 18.2 Å². The topological polar surface area (TPSA) is 61.4 Å². The second-order valence-electron chi connectivity index (χ2n) is 3.29. The third kappa shape index (κ3) is 2.52. The third-order valence-corrected chi connectivity index (χ3v) is 2.79. The summed E-state index contributed by atoms with van der Waals surface area (Å²) in [6.07, 6.45) is 1.42. The summed E-state index contributed by atoms with van der Waals surface area (Å²) in [6.45, 7) is 0. The van der Waals surface area contributed by atoms with Crippen molar-refractivity contribution < 1.29 is 9.90 Å². The standard InChI is InChI=1S/C10H6Cl2N2O2S/c11-5-1-4(8(15)6(12)3-5)2-7-9(16)14-10(17)13-7/h1-3,15H,(H2,13,14,16,17)/b7-2+. The normalized spacial score (nSPS) is 17.2. The van der Waals surface area contributed by atoms with Gasteiger partial charge < -0.3 is 10.4 Å². The van der Waals surface area contributed by atoms with Crippen molar-refractivity contribution in [1.82, 2.24) is 10.6 Å². The molecule has 0 spiro atoms. The lowest BCUT2D eigenvalue weighted by Gasteiger charge is -2.03. The Kier molecular flexibility index (Phi) is 3.24. The number of nitrogens with one attached hydrogen (secondary N) is 2. The van der Waals surface area contributed by atoms with Gasteiger partial charge in [-0.1, -0.05) is 23.2 Å². The zero-order valence-corrected chi connectivity index (χ0v) is 10.6. The number of hydrogen-bond donors (Lipinski definition) is 3. The van der Waals surface area contributed by atoms with Crippen LogP contribution in [0.2, 0.25) is 10.0 Å². The van der Waals surface area contributed by atoms with Crippen LogP contribution in [-0.4, -0.2) is 16.1 Å². The smallest absolute Gasteiger partial charge is 0.273 e. The summed E-state index contributed by atoms with van der Waals surface area (Å²) in [5.74, 6) is -0.513. The molecular formula is C10H6Cl2N2O2S. The first-order valence-corrected chi connectivity index (χ1v) is 5.66. The number of aromatic hydroxyl groups is 1. The van der Waals surface area contributed by atoms with Gasteiger partial charge >= 0.3 is 0 Å². The van der Waals surface area contributed by atoms with Gasteiger partial charge in [0.2, 0.25) is 0 Å². The molecule has 0 aliphatic carbocycles. The van der Waals surface area contributed by atoms with Crippen LogP contribution < -0.4 is 10.6 Å². The van der Waals surface area contributed by atoms with Crippen LogP contribution >= 0.6 is 35.4 Å². The van der Waals surface area contributed by atoms with Gasteiger partial charge in [-0.25, -0.2) is 0 Å². The van der Waals surface area contributed by atoms with Crippen molar-refractivity contribution in [2.75, 3.05) is 0 Å². The Morgan fingerprint density at radius 3 is 2.59 bits per heavy atom. The highest BCUT2D eigenvalue weighted by molar-refractivity contribution is 7.80. The Morgan fingerprint density at radius 2 is 2.00 bits per heavy atom. The number of rotatable bonds is 1. The fraction of sp³-hybridized carbons (Fsp3) is 0. The number of benzene rings is 1. The number of thiocarbonyl (C=S) groups is 1. The zero-order valence-electron chi connectivity index (χ0n) is 8.25. The van der Waals surface area contributed by atoms with E-state index in [9.17, 15) is 9.90 Å². The van der Waals surface area contributed by atoms with Crippen molar-refractivity contribution in [2.24, 2.45) is 0 Å². The number of carbonyl (C=O) groups excluding carboxylic acids is 1. The summed E-state index contributed by atoms with van der Waals surface area (Å²) in [4.78, 5) is 11.4. The number of hydrogen-bond acceptors (Lipinski definition) is 3. The Hall–Kier alpha value is -1.30. The van der Waals surface area contributed by atoms with E-state index in [0.717, 1.165) is 0 Å². The molecule has 1 aromatic carbocycles. The van der Waals surface area contributed by atoms with Crippen LogP contribution in [0.4, 0.5) is 0 Å². The van der Waals surface area contributed by atoms with Crippen molar-refractivity contribution in [1.29, 1.82) is 0 Å². The number of amides is 1. The summed E-state index contributed by atoms with van der Waals surface area (Å²) in [6, 6.07) is 2.90. The molecule has 7 heteroatoms. The van der Waals surface area contributed by atoms with Gasteiger partial charge in [-0.05, 0) is 30.4 Å². The van der Waals surface area contributed by atoms with Gasteiger partial charge in [0, 0.05) is 10.6 Å². The highest BCUT2D eigenvalue weighted by Gasteiger charge is 2.20. The molecule has 1 saturated heterocycles. The van der Waals surface area contributed by atoms with Crippen molar-refractivity contribution in [3.8, 4) is 5.75 Å². The quantitative estimate of drug-likeness (QED) is 0.547. The lowest BCUT2D eigenvalue weighted by atomic mass is 10.1. The first-order valence-electron chi connectivity index (χ1n) is 4.49. The Labute approximate surface area is 112 Å². The average Bonchev–Trinajstić information content (AvgIpc) is 2.53. The largest absolute Gasteiger partial charge is 0.506 e. The molecule has 2 rings (SSSR count). The second-order valence-corrected chi connectivity index (χ2v) is 4.54. The van der Waals surface area contributed by atoms with Gasteiger partial charge in [0.1, 0.15) is 11.4 Å². The predicted octanol–water partition coefficient (Wildman–Crippen LogP) is 2.04. The van der Waals surface area contributed by atoms with E-state index in [1.54, 1.807) is 0 Å². The van der Waals surface area contributed by atoms with Crippen molar-refractivity contribution in [3.05, 3.63) is 33.4 Å². The van der Waals surface area contributed by atoms with Gasteiger partial charge in [0.25, 0.3) is 5.91 Å². The first-order chi connectivity index (χ1) is 7.97. The molecular weight excluding hydrogens is 283 g/mol. The fourth-order valence-electron chi connectivity index (χ4n) is 1.33. The van der Waals surface area contributed by atoms with Gasteiger partial charge in [0.05, 0.1) is 5.02 Å². The minimum absolute atomic E-state index is 0.116. The summed E-state index contributed by atoms with van der Waals surface area (Å²) < 4.78 is 0. The highest BCUT2D eigenvalue weighted by atomic mass is 35.5. The third-order valence-electron chi connectivity index (χ3n) is 2.08. The minimum Gasteiger partial charge on any atom is -0.506 e. The molecule has 1 aliphatic heterocycles. The Morgan fingerprint density at radius 1 is 1.29 bits per heavy atom. The van der Waals surface area contributed by atoms with Crippen molar-refractivity contribution >= 4 is 52.5 Å². The molecule has 17 heavy (non-hydrogen) atoms. The van der Waals surface area contributed by atoms with Crippen LogP contribution in [-0.2, 0) is 4.79 Å². The van der Waals surface area contributed by atoms with E-state index < -0.39 is 0 Å². The number of phenols is 1. The highest BCUT2D eigenvalue weighted by Crippen LogP contribution is 2.32. The molecule has 0 radical (unpaired) electrons. The van der Waals surface area contributed by atoms with Gasteiger partial charge in [-0.3, -0.25) is 10.1 Å². The van der Waals surface area contributed by atoms with Crippen LogP contribution in [0, 0.1) is 0 Å². The van der Waals surface area contributed by atoms with Gasteiger partial charge in [-0.15, -0.1) is 0 Å². The molecule has 0 unspecified atom stereocenters. The summed E-state index contributed by atoms with van der Waals surface area (Å²) >= 11 is 16.3. The maximum absolute atomic E-state index is 11.4. The molecule has 3 N–H and O–H groups in total. The molecule has 1 aromatic rings. The number of carbonyl (C=O) groups is 1. The average molecular weight is 289 g/mol. The summed E-state index contributed by atoms with van der Waals surface area (Å²) in [7, 11) is 0. The lowest BCUT2D eigenvalue weighted by Crippen LogP contribution is -2.21. The SMILES string of the molecule is O=C1NC(=S)N/C1=C/c1cc(Cl)cc(Cl)c1O. The minimum atomic E-state index is -0.370. The van der Waals surface area contributed by atoms with E-state index in [2.05, 4.69) is 10.6 Å². The van der Waals surface area contributed by atoms with Crippen molar-refractivity contribution in [3.63, 3.8) is 0 Å². The molecule has 4 nitrogen and oxygen atoms in total. The van der Waals surface area contributed by atoms with E-state index in [4.69, 9.17) is 35.4 Å². The summed E-state index contributed by atoms with van der Waals surface area (Å²) in [5.41, 5.74) is 0.563. The number of halogens is 2. The van der Waals surface area contributed by atoms with Crippen LogP contribution in [0.3, 0.4) is 0 Å². The molecule has 0 saturated carbocycles. The van der Waals surface area contributed by atoms with E-state index >= 15 is 0 Å². The van der Waals surface area contributed by atoms with E-state index in [-0.39, 0.29) is 27.5 Å². The molecule has 0 atom stereocenters. The molecule has 88 valence electrons. The van der Waals surface area contributed by atoms with Crippen LogP contribution in [0.15, 0.2) is 17.8 Å². The molecule has 0 aromatic heterocycles. The van der Waals surface area contributed by atoms with Crippen LogP contribution in [0.5, 0.6) is 5.75 Å². The maximum atomic E-state index is 11.4. The molecule has 0 bridgehead atoms. The maximum Gasteiger partial charge on any atom is 0.273 e. The van der Waals surface area contributed by atoms with E-state index in [1.807, 2.05) is 0 Å². The van der Waals surface area contributed by atoms with Gasteiger partial charge in [0.15, 0.2) is 5.11 Å². The van der Waals surface area contributed by atoms with Crippen LogP contribution in [0.25, 0.3) is 6.08 Å². The fourth-order valence-corrected chi connectivity index (χ4v) is 2.05. The van der Waals surface area contributed by atoms with Gasteiger partial charge in [-0.2, -0.15) is 0 Å². The number of phenolic OH excluding ortho intramolecular Hbond substituents is 1. The van der Waals surface area contributed by atoms with E-state index in [0.29, 0.717) is 10.6 Å². The molecule has 1 amide bonds. The molecule has 1 heterocycles. The summed E-state index contributed by atoms with van der Waals surface area (Å²) in [5, 5.41) is 15.5. The monoisotopic (exact) mass is 288 g/mol. The second kappa shape index (κ2) is 4.52. The zero-order chi connectivity index (χ0) is 12.6. The molecule has 1 aliphatic rings. The van der Waals surface area contributed by atoms with Crippen molar-refractivity contribution in [2.45, 2.75) is 0 Å². The first kappa shape index (κ1) is 12.2.